The van der Waals surface area contributed by atoms with Gasteiger partial charge < -0.3 is 10.2 Å². The Bertz CT molecular complexity index is 967. The fourth-order valence-corrected chi connectivity index (χ4v) is 4.61. The van der Waals surface area contributed by atoms with Crippen molar-refractivity contribution in [3.8, 4) is 0 Å². The van der Waals surface area contributed by atoms with Crippen molar-refractivity contribution >= 4 is 11.9 Å². The number of hydrogen-bond acceptors (Lipinski definition) is 2. The highest BCUT2D eigenvalue weighted by Gasteiger charge is 2.50. The van der Waals surface area contributed by atoms with Gasteiger partial charge in [-0.05, 0) is 54.4 Å². The molecule has 1 unspecified atom stereocenters. The second-order valence-electron chi connectivity index (χ2n) is 9.31. The standard InChI is InChI=1S/C25H31N3O2/c1-17(2)19-10-8-18(9-11-19)15-27(4)16-28-23(29)25(3,26-24(28)30)22-13-12-20-6-5-7-21(20)14-22/h8-14,17H,5-7,15-16H2,1-4H3,(H,26,30)/p+1/t25-/m1/s1. The summed E-state index contributed by atoms with van der Waals surface area (Å²) in [6.45, 7) is 7.29. The van der Waals surface area contributed by atoms with Crippen molar-refractivity contribution in [3.63, 3.8) is 0 Å². The number of quaternary nitrogens is 1. The molecule has 0 aromatic heterocycles. The summed E-state index contributed by atoms with van der Waals surface area (Å²) in [5.41, 5.74) is 5.07. The maximum Gasteiger partial charge on any atom is 0.329 e. The van der Waals surface area contributed by atoms with E-state index in [2.05, 4.69) is 55.6 Å². The number of hydrogen-bond donors (Lipinski definition) is 2. The van der Waals surface area contributed by atoms with Crippen LogP contribution in [0.3, 0.4) is 0 Å². The molecule has 2 aromatic carbocycles. The second-order valence-corrected chi connectivity index (χ2v) is 9.31. The van der Waals surface area contributed by atoms with Gasteiger partial charge in [0, 0.05) is 5.56 Å². The SMILES string of the molecule is CC(C)c1ccc(C[NH+](C)CN2C(=O)N[C@](C)(c3ccc4c(c3)CCC4)C2=O)cc1. The minimum atomic E-state index is -0.992. The lowest BCUT2D eigenvalue weighted by Crippen LogP contribution is -3.09. The molecule has 1 aliphatic heterocycles. The lowest BCUT2D eigenvalue weighted by Gasteiger charge is -2.24. The molecule has 2 N–H and O–H groups in total. The Labute approximate surface area is 179 Å². The zero-order valence-corrected chi connectivity index (χ0v) is 18.4. The number of carbonyl (C=O) groups is 2. The Morgan fingerprint density at radius 1 is 1.07 bits per heavy atom. The average molecular weight is 407 g/mol. The van der Waals surface area contributed by atoms with Gasteiger partial charge in [-0.1, -0.05) is 56.3 Å². The largest absolute Gasteiger partial charge is 0.329 e. The Hall–Kier alpha value is -2.66. The number of rotatable bonds is 6. The number of amides is 3. The molecule has 0 radical (unpaired) electrons. The van der Waals surface area contributed by atoms with Crippen LogP contribution in [-0.4, -0.2) is 30.6 Å². The van der Waals surface area contributed by atoms with E-state index in [0.717, 1.165) is 36.3 Å². The van der Waals surface area contributed by atoms with E-state index < -0.39 is 5.54 Å². The highest BCUT2D eigenvalue weighted by molar-refractivity contribution is 6.07. The Morgan fingerprint density at radius 3 is 2.47 bits per heavy atom. The molecular formula is C25H32N3O2+. The minimum Gasteiger partial charge on any atom is -0.319 e. The smallest absolute Gasteiger partial charge is 0.319 e. The normalized spacial score (nSPS) is 21.8. The highest BCUT2D eigenvalue weighted by atomic mass is 16.2. The quantitative estimate of drug-likeness (QED) is 0.725. The van der Waals surface area contributed by atoms with E-state index in [1.165, 1.54) is 27.2 Å². The first kappa shape index (κ1) is 20.6. The summed E-state index contributed by atoms with van der Waals surface area (Å²) in [5.74, 6) is 0.340. The maximum atomic E-state index is 13.3. The van der Waals surface area contributed by atoms with Crippen LogP contribution in [0.15, 0.2) is 42.5 Å². The number of nitrogens with one attached hydrogen (secondary N) is 2. The number of urea groups is 1. The predicted octanol–water partition coefficient (Wildman–Crippen LogP) is 2.74. The van der Waals surface area contributed by atoms with Gasteiger partial charge in [0.05, 0.1) is 7.05 Å². The number of benzene rings is 2. The Balaban J connectivity index is 1.46. The summed E-state index contributed by atoms with van der Waals surface area (Å²) in [7, 11) is 2.02. The number of imide groups is 1. The molecule has 4 rings (SSSR count). The fraction of sp³-hybridized carbons (Fsp3) is 0.440. The van der Waals surface area contributed by atoms with Gasteiger partial charge in [-0.2, -0.15) is 0 Å². The Kier molecular flexibility index (Phi) is 5.41. The van der Waals surface area contributed by atoms with Crippen LogP contribution in [0.4, 0.5) is 4.79 Å². The van der Waals surface area contributed by atoms with Gasteiger partial charge in [-0.3, -0.25) is 4.79 Å². The molecule has 1 saturated heterocycles. The van der Waals surface area contributed by atoms with Gasteiger partial charge in [0.25, 0.3) is 5.91 Å². The van der Waals surface area contributed by atoms with Crippen LogP contribution in [-0.2, 0) is 29.7 Å². The first-order chi connectivity index (χ1) is 14.3. The third kappa shape index (κ3) is 3.74. The third-order valence-corrected chi connectivity index (χ3v) is 6.53. The van der Waals surface area contributed by atoms with Crippen molar-refractivity contribution in [1.82, 2.24) is 10.2 Å². The van der Waals surface area contributed by atoms with Crippen LogP contribution >= 0.6 is 0 Å². The molecule has 5 nitrogen and oxygen atoms in total. The molecule has 0 bridgehead atoms. The molecule has 0 saturated carbocycles. The highest BCUT2D eigenvalue weighted by Crippen LogP contribution is 2.32. The summed E-state index contributed by atoms with van der Waals surface area (Å²) in [6.07, 6.45) is 3.31. The van der Waals surface area contributed by atoms with E-state index in [9.17, 15) is 9.59 Å². The molecule has 5 heteroatoms. The topological polar surface area (TPSA) is 53.9 Å². The van der Waals surface area contributed by atoms with Gasteiger partial charge in [0.2, 0.25) is 0 Å². The predicted molar refractivity (Wildman–Crippen MR) is 117 cm³/mol. The first-order valence-electron chi connectivity index (χ1n) is 10.9. The minimum absolute atomic E-state index is 0.167. The van der Waals surface area contributed by atoms with Crippen molar-refractivity contribution in [2.75, 3.05) is 13.7 Å². The van der Waals surface area contributed by atoms with E-state index >= 15 is 0 Å². The van der Waals surface area contributed by atoms with E-state index in [4.69, 9.17) is 0 Å². The lowest BCUT2D eigenvalue weighted by atomic mass is 9.90. The van der Waals surface area contributed by atoms with Gasteiger partial charge in [0.15, 0.2) is 6.67 Å². The van der Waals surface area contributed by atoms with Crippen LogP contribution in [0.1, 0.15) is 60.9 Å². The number of aryl methyl sites for hydroxylation is 2. The van der Waals surface area contributed by atoms with Crippen molar-refractivity contribution in [3.05, 3.63) is 70.3 Å². The number of fused-ring (bicyclic) bond motifs is 1. The number of carbonyl (C=O) groups excluding carboxylic acids is 2. The molecule has 2 aliphatic rings. The number of nitrogens with zero attached hydrogens (tertiary/aromatic N) is 1. The van der Waals surface area contributed by atoms with Gasteiger partial charge >= 0.3 is 6.03 Å². The molecule has 1 aliphatic carbocycles. The summed E-state index contributed by atoms with van der Waals surface area (Å²) < 4.78 is 0. The van der Waals surface area contributed by atoms with E-state index in [-0.39, 0.29) is 11.9 Å². The molecule has 3 amide bonds. The molecule has 1 heterocycles. The lowest BCUT2D eigenvalue weighted by molar-refractivity contribution is -0.901. The first-order valence-corrected chi connectivity index (χ1v) is 10.9. The monoisotopic (exact) mass is 406 g/mol. The van der Waals surface area contributed by atoms with E-state index in [1.54, 1.807) is 0 Å². The van der Waals surface area contributed by atoms with Crippen molar-refractivity contribution in [2.24, 2.45) is 0 Å². The fourth-order valence-electron chi connectivity index (χ4n) is 4.61. The third-order valence-electron chi connectivity index (χ3n) is 6.53. The van der Waals surface area contributed by atoms with Crippen LogP contribution < -0.4 is 10.2 Å². The average Bonchev–Trinajstić information content (AvgIpc) is 3.27. The summed E-state index contributed by atoms with van der Waals surface area (Å²) in [4.78, 5) is 28.4. The van der Waals surface area contributed by atoms with Gasteiger partial charge in [-0.15, -0.1) is 0 Å². The zero-order chi connectivity index (χ0) is 21.5. The summed E-state index contributed by atoms with van der Waals surface area (Å²) >= 11 is 0. The molecule has 2 aromatic rings. The molecular weight excluding hydrogens is 374 g/mol. The van der Waals surface area contributed by atoms with Crippen molar-refractivity contribution in [2.45, 2.75) is 58.0 Å². The zero-order valence-electron chi connectivity index (χ0n) is 18.4. The summed E-state index contributed by atoms with van der Waals surface area (Å²) in [5, 5.41) is 2.95. The molecule has 158 valence electrons. The van der Waals surface area contributed by atoms with Crippen LogP contribution in [0, 0.1) is 0 Å². The Morgan fingerprint density at radius 2 is 1.77 bits per heavy atom. The van der Waals surface area contributed by atoms with E-state index in [1.807, 2.05) is 20.0 Å². The maximum absolute atomic E-state index is 13.3. The van der Waals surface area contributed by atoms with Crippen molar-refractivity contribution < 1.29 is 14.5 Å². The molecule has 2 atom stereocenters. The molecule has 30 heavy (non-hydrogen) atoms. The molecule has 0 spiro atoms. The second kappa shape index (κ2) is 7.88. The summed E-state index contributed by atoms with van der Waals surface area (Å²) in [6, 6.07) is 14.5. The van der Waals surface area contributed by atoms with Crippen molar-refractivity contribution in [1.29, 1.82) is 0 Å². The van der Waals surface area contributed by atoms with Gasteiger partial charge in [-0.25, -0.2) is 9.69 Å². The van der Waals surface area contributed by atoms with E-state index in [0.29, 0.717) is 12.6 Å². The molecule has 1 fully saturated rings. The van der Waals surface area contributed by atoms with Crippen LogP contribution in [0.5, 0.6) is 0 Å². The van der Waals surface area contributed by atoms with Gasteiger partial charge in [0.1, 0.15) is 12.1 Å². The van der Waals surface area contributed by atoms with Crippen LogP contribution in [0.2, 0.25) is 0 Å². The van der Waals surface area contributed by atoms with Crippen LogP contribution in [0.25, 0.3) is 0 Å².